The van der Waals surface area contributed by atoms with E-state index in [2.05, 4.69) is 35.0 Å². The van der Waals surface area contributed by atoms with Crippen LogP contribution < -0.4 is 0 Å². The Balaban J connectivity index is 1.68. The molecule has 0 unspecified atom stereocenters. The number of rotatable bonds is 5. The lowest BCUT2D eigenvalue weighted by Gasteiger charge is -2.12. The summed E-state index contributed by atoms with van der Waals surface area (Å²) >= 11 is 0. The van der Waals surface area contributed by atoms with Crippen LogP contribution in [0.5, 0.6) is 0 Å². The molecule has 5 nitrogen and oxygen atoms in total. The maximum Gasteiger partial charge on any atom is 0.181 e. The van der Waals surface area contributed by atoms with Gasteiger partial charge < -0.3 is 0 Å². The second-order valence-electron chi connectivity index (χ2n) is 6.48. The van der Waals surface area contributed by atoms with Crippen LogP contribution in [0, 0.1) is 0 Å². The minimum atomic E-state index is 0.492. The first kappa shape index (κ1) is 15.1. The third-order valence-corrected chi connectivity index (χ3v) is 4.78. The average molecular weight is 321 g/mol. The van der Waals surface area contributed by atoms with E-state index in [0.717, 1.165) is 30.2 Å². The van der Waals surface area contributed by atoms with Crippen molar-refractivity contribution in [2.45, 2.75) is 51.6 Å². The molecule has 2 aromatic heterocycles. The highest BCUT2D eigenvalue weighted by atomic mass is 15.4. The van der Waals surface area contributed by atoms with Gasteiger partial charge in [-0.2, -0.15) is 10.2 Å². The van der Waals surface area contributed by atoms with E-state index >= 15 is 0 Å². The molecule has 24 heavy (non-hydrogen) atoms. The molecule has 4 rings (SSSR count). The van der Waals surface area contributed by atoms with E-state index < -0.39 is 0 Å². The first-order valence-electron chi connectivity index (χ1n) is 8.85. The molecule has 1 saturated carbocycles. The van der Waals surface area contributed by atoms with Crippen LogP contribution in [0.1, 0.15) is 50.0 Å². The van der Waals surface area contributed by atoms with Crippen molar-refractivity contribution in [3.8, 4) is 11.4 Å². The van der Waals surface area contributed by atoms with Crippen molar-refractivity contribution in [1.29, 1.82) is 0 Å². The monoisotopic (exact) mass is 321 g/mol. The Hall–Kier alpha value is -2.43. The third kappa shape index (κ3) is 2.98. The SMILES string of the molecule is CCn1cc(Cc2nc(-c3ccccc3)nn2C2CCCC2)cn1. The Morgan fingerprint density at radius 1 is 1.12 bits per heavy atom. The smallest absolute Gasteiger partial charge is 0.181 e. The molecule has 0 atom stereocenters. The van der Waals surface area contributed by atoms with E-state index in [4.69, 9.17) is 10.1 Å². The minimum absolute atomic E-state index is 0.492. The fourth-order valence-corrected chi connectivity index (χ4v) is 3.48. The molecule has 0 radical (unpaired) electrons. The van der Waals surface area contributed by atoms with Crippen molar-refractivity contribution < 1.29 is 0 Å². The number of hydrogen-bond donors (Lipinski definition) is 0. The molecular formula is C19H23N5. The summed E-state index contributed by atoms with van der Waals surface area (Å²) in [6, 6.07) is 10.7. The molecule has 0 N–H and O–H groups in total. The summed E-state index contributed by atoms with van der Waals surface area (Å²) in [6.07, 6.45) is 9.83. The quantitative estimate of drug-likeness (QED) is 0.717. The van der Waals surface area contributed by atoms with E-state index in [1.54, 1.807) is 0 Å². The standard InChI is InChI=1S/C19H23N5/c1-2-23-14-15(13-20-23)12-18-21-19(16-8-4-3-5-9-16)22-24(18)17-10-6-7-11-17/h3-5,8-9,13-14,17H,2,6-7,10-12H2,1H3. The minimum Gasteiger partial charge on any atom is -0.273 e. The normalized spacial score (nSPS) is 15.2. The zero-order valence-corrected chi connectivity index (χ0v) is 14.1. The summed E-state index contributed by atoms with van der Waals surface area (Å²) in [4.78, 5) is 4.87. The van der Waals surface area contributed by atoms with Crippen LogP contribution in [0.15, 0.2) is 42.7 Å². The third-order valence-electron chi connectivity index (χ3n) is 4.78. The van der Waals surface area contributed by atoms with Gasteiger partial charge in [-0.15, -0.1) is 0 Å². The molecule has 1 aliphatic rings. The summed E-state index contributed by atoms with van der Waals surface area (Å²) in [5.74, 6) is 1.89. The van der Waals surface area contributed by atoms with Gasteiger partial charge in [-0.3, -0.25) is 4.68 Å². The molecule has 1 aliphatic carbocycles. The molecule has 124 valence electrons. The highest BCUT2D eigenvalue weighted by molar-refractivity contribution is 5.54. The van der Waals surface area contributed by atoms with Gasteiger partial charge in [0.2, 0.25) is 0 Å². The van der Waals surface area contributed by atoms with Crippen molar-refractivity contribution in [3.05, 3.63) is 54.1 Å². The van der Waals surface area contributed by atoms with Crippen LogP contribution in [0.2, 0.25) is 0 Å². The van der Waals surface area contributed by atoms with Crippen LogP contribution >= 0.6 is 0 Å². The second kappa shape index (κ2) is 6.59. The summed E-state index contributed by atoms with van der Waals surface area (Å²) in [7, 11) is 0. The van der Waals surface area contributed by atoms with E-state index in [-0.39, 0.29) is 0 Å². The molecular weight excluding hydrogens is 298 g/mol. The number of aryl methyl sites for hydroxylation is 1. The predicted octanol–water partition coefficient (Wildman–Crippen LogP) is 3.87. The largest absolute Gasteiger partial charge is 0.273 e. The van der Waals surface area contributed by atoms with E-state index in [9.17, 15) is 0 Å². The molecule has 1 fully saturated rings. The van der Waals surface area contributed by atoms with Crippen molar-refractivity contribution in [1.82, 2.24) is 24.5 Å². The molecule has 3 aromatic rings. The molecule has 0 spiro atoms. The highest BCUT2D eigenvalue weighted by Crippen LogP contribution is 2.31. The van der Waals surface area contributed by atoms with Gasteiger partial charge in [-0.1, -0.05) is 43.2 Å². The molecule has 0 saturated heterocycles. The molecule has 0 aliphatic heterocycles. The van der Waals surface area contributed by atoms with Gasteiger partial charge in [0, 0.05) is 24.7 Å². The molecule has 1 aromatic carbocycles. The van der Waals surface area contributed by atoms with Crippen LogP contribution in [0.4, 0.5) is 0 Å². The lowest BCUT2D eigenvalue weighted by atomic mass is 10.2. The number of hydrogen-bond acceptors (Lipinski definition) is 3. The van der Waals surface area contributed by atoms with Crippen LogP contribution in [-0.4, -0.2) is 24.5 Å². The number of nitrogens with zero attached hydrogens (tertiary/aromatic N) is 5. The Morgan fingerprint density at radius 3 is 2.62 bits per heavy atom. The van der Waals surface area contributed by atoms with Crippen LogP contribution in [-0.2, 0) is 13.0 Å². The van der Waals surface area contributed by atoms with Gasteiger partial charge in [-0.05, 0) is 25.3 Å². The van der Waals surface area contributed by atoms with Gasteiger partial charge in [0.05, 0.1) is 12.2 Å². The van der Waals surface area contributed by atoms with Crippen LogP contribution in [0.25, 0.3) is 11.4 Å². The Morgan fingerprint density at radius 2 is 1.92 bits per heavy atom. The molecule has 0 amide bonds. The molecule has 5 heteroatoms. The summed E-state index contributed by atoms with van der Waals surface area (Å²) < 4.78 is 4.14. The summed E-state index contributed by atoms with van der Waals surface area (Å²) in [6.45, 7) is 3.00. The summed E-state index contributed by atoms with van der Waals surface area (Å²) in [5, 5.41) is 9.25. The van der Waals surface area contributed by atoms with Gasteiger partial charge in [0.1, 0.15) is 5.82 Å². The topological polar surface area (TPSA) is 48.5 Å². The van der Waals surface area contributed by atoms with Crippen molar-refractivity contribution >= 4 is 0 Å². The van der Waals surface area contributed by atoms with E-state index in [1.165, 1.54) is 31.2 Å². The van der Waals surface area contributed by atoms with Gasteiger partial charge in [0.25, 0.3) is 0 Å². The molecule has 2 heterocycles. The Labute approximate surface area is 142 Å². The maximum atomic E-state index is 4.87. The maximum absolute atomic E-state index is 4.87. The predicted molar refractivity (Wildman–Crippen MR) is 93.7 cm³/mol. The fraction of sp³-hybridized carbons (Fsp3) is 0.421. The number of aromatic nitrogens is 5. The lowest BCUT2D eigenvalue weighted by molar-refractivity contribution is 0.451. The average Bonchev–Trinajstić information content (AvgIpc) is 3.36. The lowest BCUT2D eigenvalue weighted by Crippen LogP contribution is -2.11. The fourth-order valence-electron chi connectivity index (χ4n) is 3.48. The van der Waals surface area contributed by atoms with Crippen LogP contribution in [0.3, 0.4) is 0 Å². The zero-order chi connectivity index (χ0) is 16.4. The van der Waals surface area contributed by atoms with E-state index in [1.807, 2.05) is 29.1 Å². The Kier molecular flexibility index (Phi) is 4.15. The second-order valence-corrected chi connectivity index (χ2v) is 6.48. The van der Waals surface area contributed by atoms with Gasteiger partial charge in [0.15, 0.2) is 5.82 Å². The first-order chi connectivity index (χ1) is 11.8. The van der Waals surface area contributed by atoms with Gasteiger partial charge in [-0.25, -0.2) is 9.67 Å². The van der Waals surface area contributed by atoms with Crippen molar-refractivity contribution in [2.75, 3.05) is 0 Å². The summed E-state index contributed by atoms with van der Waals surface area (Å²) in [5.41, 5.74) is 2.28. The van der Waals surface area contributed by atoms with Crippen molar-refractivity contribution in [3.63, 3.8) is 0 Å². The highest BCUT2D eigenvalue weighted by Gasteiger charge is 2.23. The van der Waals surface area contributed by atoms with Crippen molar-refractivity contribution in [2.24, 2.45) is 0 Å². The first-order valence-corrected chi connectivity index (χ1v) is 8.85. The van der Waals surface area contributed by atoms with E-state index in [0.29, 0.717) is 6.04 Å². The Bertz CT molecular complexity index is 796. The molecule has 0 bridgehead atoms. The number of benzene rings is 1. The van der Waals surface area contributed by atoms with Gasteiger partial charge >= 0.3 is 0 Å². The zero-order valence-electron chi connectivity index (χ0n) is 14.1.